The third kappa shape index (κ3) is 42.4. The molecule has 0 aromatic heterocycles. The van der Waals surface area contributed by atoms with Crippen LogP contribution in [0.3, 0.4) is 0 Å². The average molecular weight is 979 g/mol. The molecule has 5 atom stereocenters. The van der Waals surface area contributed by atoms with Crippen LogP contribution < -0.4 is 0 Å². The fourth-order valence-corrected chi connectivity index (χ4v) is 8.49. The molecule has 1 aliphatic heterocycles. The fourth-order valence-electron chi connectivity index (χ4n) is 7.33. The molecular formula is C50H92O14P2. The van der Waals surface area contributed by atoms with Gasteiger partial charge in [-0.1, -0.05) is 186 Å². The summed E-state index contributed by atoms with van der Waals surface area (Å²) in [5, 5.41) is 9.78. The van der Waals surface area contributed by atoms with Gasteiger partial charge in [0.25, 0.3) is 0 Å². The molecule has 1 saturated heterocycles. The molecule has 0 aromatic carbocycles. The Balaban J connectivity index is 2.32. The summed E-state index contributed by atoms with van der Waals surface area (Å²) in [6.07, 6.45) is 43.1. The van der Waals surface area contributed by atoms with Crippen LogP contribution in [0.15, 0.2) is 36.5 Å². The number of ether oxygens (including phenoxy) is 3. The third-order valence-electron chi connectivity index (χ3n) is 11.4. The van der Waals surface area contributed by atoms with Crippen molar-refractivity contribution in [1.29, 1.82) is 0 Å². The predicted molar refractivity (Wildman–Crippen MR) is 262 cm³/mol. The van der Waals surface area contributed by atoms with Gasteiger partial charge in [-0.3, -0.25) is 23.2 Å². The lowest BCUT2D eigenvalue weighted by Gasteiger charge is -2.20. The molecule has 1 rings (SSSR count). The maximum atomic E-state index is 12.7. The van der Waals surface area contributed by atoms with Crippen molar-refractivity contribution in [2.45, 2.75) is 238 Å². The molecule has 0 aliphatic carbocycles. The van der Waals surface area contributed by atoms with Gasteiger partial charge in [0.1, 0.15) is 12.7 Å². The summed E-state index contributed by atoms with van der Waals surface area (Å²) < 4.78 is 53.7. The van der Waals surface area contributed by atoms with Crippen molar-refractivity contribution >= 4 is 27.6 Å². The van der Waals surface area contributed by atoms with Gasteiger partial charge in [0, 0.05) is 12.8 Å². The van der Waals surface area contributed by atoms with Gasteiger partial charge >= 0.3 is 27.6 Å². The summed E-state index contributed by atoms with van der Waals surface area (Å²) >= 11 is 0. The van der Waals surface area contributed by atoms with E-state index in [1.165, 1.54) is 116 Å². The molecule has 0 spiro atoms. The molecule has 4 N–H and O–H groups in total. The van der Waals surface area contributed by atoms with Crippen LogP contribution in [-0.4, -0.2) is 82.6 Å². The van der Waals surface area contributed by atoms with E-state index < -0.39 is 66.2 Å². The first-order valence-corrected chi connectivity index (χ1v) is 28.7. The van der Waals surface area contributed by atoms with E-state index in [0.717, 1.165) is 50.9 Å². The summed E-state index contributed by atoms with van der Waals surface area (Å²) in [5.74, 6) is -0.267. The van der Waals surface area contributed by atoms with Crippen molar-refractivity contribution in [3.63, 3.8) is 0 Å². The molecule has 0 radical (unpaired) electrons. The van der Waals surface area contributed by atoms with Crippen molar-refractivity contribution in [3.8, 4) is 0 Å². The maximum absolute atomic E-state index is 12.7. The molecular weight excluding hydrogens is 886 g/mol. The zero-order valence-electron chi connectivity index (χ0n) is 41.2. The van der Waals surface area contributed by atoms with Gasteiger partial charge < -0.3 is 34.0 Å². The highest BCUT2D eigenvalue weighted by Gasteiger charge is 2.36. The minimum absolute atomic E-state index is 0.113. The summed E-state index contributed by atoms with van der Waals surface area (Å²) in [6, 6.07) is 0. The highest BCUT2D eigenvalue weighted by atomic mass is 31.2. The molecule has 0 saturated carbocycles. The second-order valence-electron chi connectivity index (χ2n) is 18.3. The van der Waals surface area contributed by atoms with E-state index in [4.69, 9.17) is 33.0 Å². The summed E-state index contributed by atoms with van der Waals surface area (Å²) in [7, 11) is -9.70. The molecule has 1 fully saturated rings. The molecule has 66 heavy (non-hydrogen) atoms. The summed E-state index contributed by atoms with van der Waals surface area (Å²) in [6.45, 7) is 4.05. The van der Waals surface area contributed by atoms with Crippen LogP contribution in [0.5, 0.6) is 0 Å². The Morgan fingerprint density at radius 3 is 1.59 bits per heavy atom. The number of phosphoric ester groups is 2. The Bertz CT molecular complexity index is 1380. The van der Waals surface area contributed by atoms with E-state index in [-0.39, 0.29) is 25.0 Å². The van der Waals surface area contributed by atoms with Crippen molar-refractivity contribution < 1.29 is 66.3 Å². The quantitative estimate of drug-likeness (QED) is 0.0147. The Morgan fingerprint density at radius 1 is 0.561 bits per heavy atom. The van der Waals surface area contributed by atoms with Gasteiger partial charge in [0.2, 0.25) is 0 Å². The Labute approximate surface area is 399 Å². The van der Waals surface area contributed by atoms with Crippen molar-refractivity contribution in [1.82, 2.24) is 0 Å². The van der Waals surface area contributed by atoms with Crippen molar-refractivity contribution in [2.75, 3.05) is 26.4 Å². The highest BCUT2D eigenvalue weighted by molar-refractivity contribution is 7.47. The zero-order valence-corrected chi connectivity index (χ0v) is 42.9. The van der Waals surface area contributed by atoms with Crippen LogP contribution >= 0.6 is 15.6 Å². The number of hydrogen-bond donors (Lipinski definition) is 4. The smallest absolute Gasteiger partial charge is 0.462 e. The number of hydrogen-bond acceptors (Lipinski definition) is 11. The monoisotopic (exact) mass is 979 g/mol. The third-order valence-corrected chi connectivity index (χ3v) is 12.8. The van der Waals surface area contributed by atoms with E-state index in [9.17, 15) is 28.7 Å². The van der Waals surface area contributed by atoms with Crippen LogP contribution in [0, 0.1) is 5.92 Å². The highest BCUT2D eigenvalue weighted by Crippen LogP contribution is 2.44. The minimum Gasteiger partial charge on any atom is -0.462 e. The lowest BCUT2D eigenvalue weighted by atomic mass is 10.0. The number of unbranched alkanes of at least 4 members (excludes halogenated alkanes) is 21. The first-order valence-electron chi connectivity index (χ1n) is 25.7. The van der Waals surface area contributed by atoms with Gasteiger partial charge in [-0.05, 0) is 57.3 Å². The van der Waals surface area contributed by atoms with Gasteiger partial charge in [-0.25, -0.2) is 9.13 Å². The molecule has 0 amide bonds. The number of esters is 2. The lowest BCUT2D eigenvalue weighted by molar-refractivity contribution is -0.161. The Morgan fingerprint density at radius 2 is 1.03 bits per heavy atom. The van der Waals surface area contributed by atoms with Crippen LogP contribution in [0.25, 0.3) is 0 Å². The van der Waals surface area contributed by atoms with Gasteiger partial charge in [-0.15, -0.1) is 0 Å². The SMILES string of the molecule is CCCCC/C=C\C/C=C\CC1OC1C/C=C\CCCC(=O)OC[C@H](COP(=O)(O)OC[C@@H](O)COP(=O)(O)O)OC(=O)CCCCCCCCCCCCCCCCCCCCC(C)C. The number of carbonyl (C=O) groups is 2. The molecule has 1 aliphatic rings. The van der Waals surface area contributed by atoms with E-state index in [1.54, 1.807) is 0 Å². The number of epoxide rings is 1. The molecule has 0 aromatic rings. The number of rotatable bonds is 47. The molecule has 14 nitrogen and oxygen atoms in total. The first kappa shape index (κ1) is 62.3. The average Bonchev–Trinajstić information content (AvgIpc) is 4.03. The number of carbonyl (C=O) groups excluding carboxylic acids is 2. The van der Waals surface area contributed by atoms with Crippen LogP contribution in [-0.2, 0) is 46.5 Å². The topological polar surface area (TPSA) is 208 Å². The molecule has 16 heteroatoms. The normalized spacial score (nSPS) is 17.3. The lowest BCUT2D eigenvalue weighted by Crippen LogP contribution is -2.30. The van der Waals surface area contributed by atoms with Crippen molar-refractivity contribution in [3.05, 3.63) is 36.5 Å². The van der Waals surface area contributed by atoms with Gasteiger partial charge in [-0.2, -0.15) is 0 Å². The molecule has 0 bridgehead atoms. The Kier molecular flexibility index (Phi) is 38.8. The van der Waals surface area contributed by atoms with Gasteiger partial charge in [0.05, 0.1) is 32.0 Å². The fraction of sp³-hybridized carbons (Fsp3) is 0.840. The van der Waals surface area contributed by atoms with Crippen LogP contribution in [0.4, 0.5) is 0 Å². The van der Waals surface area contributed by atoms with Crippen LogP contribution in [0.1, 0.15) is 213 Å². The predicted octanol–water partition coefficient (Wildman–Crippen LogP) is 12.9. The second kappa shape index (κ2) is 41.1. The van der Waals surface area contributed by atoms with E-state index in [1.807, 2.05) is 6.08 Å². The molecule has 386 valence electrons. The van der Waals surface area contributed by atoms with Crippen molar-refractivity contribution in [2.24, 2.45) is 5.92 Å². The van der Waals surface area contributed by atoms with E-state index in [2.05, 4.69) is 55.7 Å². The largest absolute Gasteiger partial charge is 0.472 e. The molecule has 1 heterocycles. The molecule has 3 unspecified atom stereocenters. The second-order valence-corrected chi connectivity index (χ2v) is 21.0. The number of phosphoric acid groups is 2. The number of aliphatic hydroxyl groups excluding tert-OH is 1. The van der Waals surface area contributed by atoms with Gasteiger partial charge in [0.15, 0.2) is 6.10 Å². The van der Waals surface area contributed by atoms with E-state index in [0.29, 0.717) is 19.3 Å². The summed E-state index contributed by atoms with van der Waals surface area (Å²) in [5.41, 5.74) is 0. The van der Waals surface area contributed by atoms with Crippen LogP contribution in [0.2, 0.25) is 0 Å². The number of allylic oxidation sites excluding steroid dienone is 4. The number of aliphatic hydroxyl groups is 1. The standard InChI is InChI=1S/C50H92O14P2/c1-4-5-6-7-8-19-23-26-31-36-47-48(64-47)37-32-28-29-33-38-49(52)59-42-46(43-62-66(57,58)61-41-45(51)40-60-65(54,55)56)63-50(53)39-34-27-24-21-18-16-14-12-10-9-11-13-15-17-20-22-25-30-35-44(2)3/h8,19,26,28,31-32,44-48,51H,4-7,9-18,20-25,27,29-30,33-43H2,1-3H3,(H,57,58)(H2,54,55,56)/b19-8-,31-26-,32-28-/t45-,46+,47?,48?/m0/s1. The maximum Gasteiger partial charge on any atom is 0.472 e. The first-order chi connectivity index (χ1) is 31.7. The zero-order chi connectivity index (χ0) is 48.6. The summed E-state index contributed by atoms with van der Waals surface area (Å²) in [4.78, 5) is 53.0. The minimum atomic E-state index is -4.87. The van der Waals surface area contributed by atoms with E-state index >= 15 is 0 Å². The Hall–Kier alpha value is -1.70.